The van der Waals surface area contributed by atoms with E-state index < -0.39 is 10.0 Å². The van der Waals surface area contributed by atoms with Crippen molar-refractivity contribution in [1.29, 1.82) is 0 Å². The molecule has 0 aliphatic carbocycles. The molecule has 0 radical (unpaired) electrons. The predicted octanol–water partition coefficient (Wildman–Crippen LogP) is 2.32. The molecular weight excluding hydrogens is 284 g/mol. The van der Waals surface area contributed by atoms with Crippen LogP contribution in [0.2, 0.25) is 0 Å². The Balaban J connectivity index is 1.93. The first-order chi connectivity index (χ1) is 10.0. The van der Waals surface area contributed by atoms with Gasteiger partial charge in [-0.3, -0.25) is 4.90 Å². The van der Waals surface area contributed by atoms with Crippen LogP contribution in [-0.4, -0.2) is 49.1 Å². The third kappa shape index (κ3) is 4.53. The van der Waals surface area contributed by atoms with E-state index in [0.29, 0.717) is 13.1 Å². The van der Waals surface area contributed by atoms with Gasteiger partial charge in [0.15, 0.2) is 0 Å². The quantitative estimate of drug-likeness (QED) is 0.809. The van der Waals surface area contributed by atoms with Crippen LogP contribution in [0, 0.1) is 0 Å². The maximum absolute atomic E-state index is 12.3. The number of piperazine rings is 1. The molecule has 1 aliphatic rings. The first kappa shape index (κ1) is 16.5. The predicted molar refractivity (Wildman–Crippen MR) is 86.6 cm³/mol. The van der Waals surface area contributed by atoms with Gasteiger partial charge in [0.25, 0.3) is 0 Å². The van der Waals surface area contributed by atoms with E-state index >= 15 is 0 Å². The van der Waals surface area contributed by atoms with Gasteiger partial charge in [0.05, 0.1) is 5.75 Å². The minimum atomic E-state index is -3.07. The third-order valence-corrected chi connectivity index (χ3v) is 6.03. The highest BCUT2D eigenvalue weighted by molar-refractivity contribution is 7.89. The minimum absolute atomic E-state index is 0.260. The van der Waals surface area contributed by atoms with E-state index in [1.54, 1.807) is 4.31 Å². The van der Waals surface area contributed by atoms with Crippen LogP contribution in [0.5, 0.6) is 0 Å². The standard InChI is InChI=1S/C16H26N2O2S/c1-3-4-12-21(19,20)18-11-10-17(15(2)13-18)14-16-8-6-5-7-9-16/h5-9,15H,3-4,10-14H2,1-2H3. The van der Waals surface area contributed by atoms with Gasteiger partial charge in [-0.15, -0.1) is 0 Å². The SMILES string of the molecule is CCCCS(=O)(=O)N1CCN(Cc2ccccc2)C(C)C1. The van der Waals surface area contributed by atoms with Gasteiger partial charge in [-0.2, -0.15) is 4.31 Å². The lowest BCUT2D eigenvalue weighted by Crippen LogP contribution is -2.53. The summed E-state index contributed by atoms with van der Waals surface area (Å²) in [6, 6.07) is 10.6. The molecule has 1 fully saturated rings. The second-order valence-corrected chi connectivity index (χ2v) is 7.92. The van der Waals surface area contributed by atoms with E-state index in [2.05, 4.69) is 24.0 Å². The van der Waals surface area contributed by atoms with Crippen LogP contribution < -0.4 is 0 Å². The van der Waals surface area contributed by atoms with Crippen molar-refractivity contribution in [1.82, 2.24) is 9.21 Å². The monoisotopic (exact) mass is 310 g/mol. The Bertz CT molecular complexity index is 530. The van der Waals surface area contributed by atoms with Gasteiger partial charge in [-0.05, 0) is 18.9 Å². The largest absolute Gasteiger partial charge is 0.294 e. The fraction of sp³-hybridized carbons (Fsp3) is 0.625. The topological polar surface area (TPSA) is 40.6 Å². The summed E-state index contributed by atoms with van der Waals surface area (Å²) in [5.41, 5.74) is 1.28. The smallest absolute Gasteiger partial charge is 0.214 e. The van der Waals surface area contributed by atoms with Gasteiger partial charge in [0.2, 0.25) is 10.0 Å². The fourth-order valence-electron chi connectivity index (χ4n) is 2.72. The molecule has 1 aromatic rings. The molecule has 0 bridgehead atoms. The first-order valence-corrected chi connectivity index (χ1v) is 9.39. The highest BCUT2D eigenvalue weighted by atomic mass is 32.2. The first-order valence-electron chi connectivity index (χ1n) is 7.78. The molecule has 1 atom stereocenters. The van der Waals surface area contributed by atoms with Crippen LogP contribution >= 0.6 is 0 Å². The summed E-state index contributed by atoms with van der Waals surface area (Å²) in [5, 5.41) is 0. The van der Waals surface area contributed by atoms with Gasteiger partial charge < -0.3 is 0 Å². The number of hydrogen-bond acceptors (Lipinski definition) is 3. The van der Waals surface area contributed by atoms with E-state index in [1.165, 1.54) is 5.56 Å². The maximum Gasteiger partial charge on any atom is 0.214 e. The summed E-state index contributed by atoms with van der Waals surface area (Å²) in [5.74, 6) is 0.287. The van der Waals surface area contributed by atoms with E-state index in [0.717, 1.165) is 25.9 Å². The lowest BCUT2D eigenvalue weighted by Gasteiger charge is -2.39. The van der Waals surface area contributed by atoms with Crippen molar-refractivity contribution in [3.8, 4) is 0 Å². The van der Waals surface area contributed by atoms with Crippen molar-refractivity contribution in [2.75, 3.05) is 25.4 Å². The number of rotatable bonds is 6. The average molecular weight is 310 g/mol. The number of hydrogen-bond donors (Lipinski definition) is 0. The Hall–Kier alpha value is -0.910. The molecule has 0 saturated carbocycles. The molecule has 1 aliphatic heterocycles. The molecule has 4 nitrogen and oxygen atoms in total. The van der Waals surface area contributed by atoms with Crippen LogP contribution in [0.25, 0.3) is 0 Å². The van der Waals surface area contributed by atoms with E-state index in [1.807, 2.05) is 25.1 Å². The van der Waals surface area contributed by atoms with E-state index in [4.69, 9.17) is 0 Å². The highest BCUT2D eigenvalue weighted by Gasteiger charge is 2.30. The van der Waals surface area contributed by atoms with Crippen molar-refractivity contribution in [2.45, 2.75) is 39.3 Å². The Morgan fingerprint density at radius 1 is 1.19 bits per heavy atom. The Morgan fingerprint density at radius 3 is 2.52 bits per heavy atom. The summed E-state index contributed by atoms with van der Waals surface area (Å²) >= 11 is 0. The van der Waals surface area contributed by atoms with Crippen molar-refractivity contribution < 1.29 is 8.42 Å². The van der Waals surface area contributed by atoms with Gasteiger partial charge >= 0.3 is 0 Å². The summed E-state index contributed by atoms with van der Waals surface area (Å²) < 4.78 is 26.2. The fourth-order valence-corrected chi connectivity index (χ4v) is 4.44. The lowest BCUT2D eigenvalue weighted by atomic mass is 10.1. The van der Waals surface area contributed by atoms with Gasteiger partial charge in [0.1, 0.15) is 0 Å². The lowest BCUT2D eigenvalue weighted by molar-refractivity contribution is 0.122. The molecular formula is C16H26N2O2S. The highest BCUT2D eigenvalue weighted by Crippen LogP contribution is 2.17. The van der Waals surface area contributed by atoms with E-state index in [9.17, 15) is 8.42 Å². The Labute approximate surface area is 128 Å². The van der Waals surface area contributed by atoms with Crippen molar-refractivity contribution in [2.24, 2.45) is 0 Å². The van der Waals surface area contributed by atoms with Gasteiger partial charge in [0, 0.05) is 32.2 Å². The molecule has 0 aromatic heterocycles. The normalized spacial score (nSPS) is 21.5. The molecule has 1 aromatic carbocycles. The summed E-state index contributed by atoms with van der Waals surface area (Å²) in [6.45, 7) is 7.06. The van der Waals surface area contributed by atoms with Crippen LogP contribution in [0.4, 0.5) is 0 Å². The van der Waals surface area contributed by atoms with Crippen LogP contribution in [0.3, 0.4) is 0 Å². The molecule has 0 spiro atoms. The molecule has 118 valence electrons. The van der Waals surface area contributed by atoms with Gasteiger partial charge in [-0.25, -0.2) is 8.42 Å². The van der Waals surface area contributed by atoms with Gasteiger partial charge in [-0.1, -0.05) is 43.7 Å². The molecule has 0 N–H and O–H groups in total. The molecule has 1 heterocycles. The minimum Gasteiger partial charge on any atom is -0.294 e. The molecule has 0 amide bonds. The average Bonchev–Trinajstić information content (AvgIpc) is 2.48. The molecule has 5 heteroatoms. The van der Waals surface area contributed by atoms with E-state index in [-0.39, 0.29) is 11.8 Å². The summed E-state index contributed by atoms with van der Waals surface area (Å²) in [7, 11) is -3.07. The van der Waals surface area contributed by atoms with Crippen molar-refractivity contribution in [3.63, 3.8) is 0 Å². The number of benzene rings is 1. The van der Waals surface area contributed by atoms with Crippen LogP contribution in [-0.2, 0) is 16.6 Å². The second-order valence-electron chi connectivity index (χ2n) is 5.83. The van der Waals surface area contributed by atoms with Crippen molar-refractivity contribution in [3.05, 3.63) is 35.9 Å². The van der Waals surface area contributed by atoms with Crippen LogP contribution in [0.1, 0.15) is 32.3 Å². The van der Waals surface area contributed by atoms with Crippen molar-refractivity contribution >= 4 is 10.0 Å². The molecule has 21 heavy (non-hydrogen) atoms. The van der Waals surface area contributed by atoms with Crippen LogP contribution in [0.15, 0.2) is 30.3 Å². The Kier molecular flexibility index (Phi) is 5.79. The molecule has 2 rings (SSSR count). The third-order valence-electron chi connectivity index (χ3n) is 4.11. The zero-order valence-electron chi connectivity index (χ0n) is 13.0. The summed E-state index contributed by atoms with van der Waals surface area (Å²) in [4.78, 5) is 2.36. The number of unbranched alkanes of at least 4 members (excludes halogenated alkanes) is 1. The number of nitrogens with zero attached hydrogens (tertiary/aromatic N) is 2. The zero-order chi connectivity index (χ0) is 15.3. The zero-order valence-corrected chi connectivity index (χ0v) is 13.8. The maximum atomic E-state index is 12.3. The summed E-state index contributed by atoms with van der Waals surface area (Å²) in [6.07, 6.45) is 1.67. The second kappa shape index (κ2) is 7.38. The molecule has 1 saturated heterocycles. The number of sulfonamides is 1. The molecule has 1 unspecified atom stereocenters. The Morgan fingerprint density at radius 2 is 1.90 bits per heavy atom.